The quantitative estimate of drug-likeness (QED) is 0.362. The number of likely N-dealkylation sites (N-methyl/N-ethyl adjacent to an activating group) is 1. The van der Waals surface area contributed by atoms with Crippen molar-refractivity contribution in [1.82, 2.24) is 0 Å². The lowest BCUT2D eigenvalue weighted by Gasteiger charge is -2.24. The molecule has 0 aromatic heterocycles. The molecule has 0 aliphatic heterocycles. The Kier molecular flexibility index (Phi) is 8.95. The van der Waals surface area contributed by atoms with Crippen molar-refractivity contribution in [3.05, 3.63) is 54.6 Å². The highest BCUT2D eigenvalue weighted by Crippen LogP contribution is 2.22. The molecule has 2 aromatic carbocycles. The molecule has 2 rings (SSSR count). The van der Waals surface area contributed by atoms with Gasteiger partial charge >= 0.3 is 0 Å². The fraction of sp³-hybridized carbons (Fsp3) is 0.455. The van der Waals surface area contributed by atoms with Crippen molar-refractivity contribution in [2.75, 3.05) is 31.2 Å². The maximum Gasteiger partial charge on any atom is 0.154 e. The lowest BCUT2D eigenvalue weighted by molar-refractivity contribution is -0.134. The van der Waals surface area contributed by atoms with Gasteiger partial charge in [-0.1, -0.05) is 32.0 Å². The molecule has 2 aromatic rings. The minimum atomic E-state index is -0.174. The van der Waals surface area contributed by atoms with E-state index in [4.69, 9.17) is 9.47 Å². The molecule has 0 amide bonds. The summed E-state index contributed by atoms with van der Waals surface area (Å²) in [6, 6.07) is 17.8. The zero-order valence-corrected chi connectivity index (χ0v) is 16.8. The van der Waals surface area contributed by atoms with Crippen LogP contribution in [0.3, 0.4) is 0 Å². The van der Waals surface area contributed by atoms with Gasteiger partial charge in [-0.25, -0.2) is 0 Å². The Morgan fingerprint density at radius 3 is 2.07 bits per heavy atom. The van der Waals surface area contributed by atoms with E-state index in [2.05, 4.69) is 48.0 Å². The summed E-state index contributed by atoms with van der Waals surface area (Å²) in [5, 5.41) is 8.54. The van der Waals surface area contributed by atoms with E-state index in [9.17, 15) is 0 Å². The summed E-state index contributed by atoms with van der Waals surface area (Å²) >= 11 is 0. The smallest absolute Gasteiger partial charge is 0.154 e. The molecule has 0 spiro atoms. The van der Waals surface area contributed by atoms with Crippen LogP contribution >= 0.6 is 0 Å². The largest absolute Gasteiger partial charge is 0.369 e. The molecule has 0 saturated heterocycles. The molecule has 146 valence electrons. The molecule has 27 heavy (non-hydrogen) atoms. The molecule has 0 saturated carbocycles. The Labute approximate surface area is 163 Å². The maximum absolute atomic E-state index is 5.76. The van der Waals surface area contributed by atoms with Gasteiger partial charge in [0.2, 0.25) is 0 Å². The fourth-order valence-corrected chi connectivity index (χ4v) is 2.51. The Morgan fingerprint density at radius 2 is 1.48 bits per heavy atom. The van der Waals surface area contributed by atoms with E-state index >= 15 is 0 Å². The monoisotopic (exact) mass is 369 g/mol. The van der Waals surface area contributed by atoms with Gasteiger partial charge in [-0.2, -0.15) is 10.2 Å². The number of nitrogens with zero attached hydrogens (tertiary/aromatic N) is 3. The first-order valence-electron chi connectivity index (χ1n) is 9.63. The van der Waals surface area contributed by atoms with Gasteiger partial charge in [0.1, 0.15) is 0 Å². The number of anilines is 1. The average molecular weight is 370 g/mol. The lowest BCUT2D eigenvalue weighted by Crippen LogP contribution is -2.29. The van der Waals surface area contributed by atoms with E-state index < -0.39 is 0 Å². The van der Waals surface area contributed by atoms with Crippen LogP contribution in [0.15, 0.2) is 64.8 Å². The van der Waals surface area contributed by atoms with Crippen LogP contribution in [0.2, 0.25) is 0 Å². The number of ether oxygens (including phenoxy) is 2. The molecule has 0 N–H and O–H groups in total. The molecule has 0 radical (unpaired) electrons. The Hall–Kier alpha value is -2.24. The molecule has 1 atom stereocenters. The molecule has 0 aliphatic rings. The van der Waals surface area contributed by atoms with Gasteiger partial charge in [0.25, 0.3) is 0 Å². The molecule has 0 aliphatic carbocycles. The summed E-state index contributed by atoms with van der Waals surface area (Å²) < 4.78 is 11.4. The predicted molar refractivity (Wildman–Crippen MR) is 111 cm³/mol. The van der Waals surface area contributed by atoms with Crippen LogP contribution in [0, 0.1) is 5.92 Å². The first-order valence-corrected chi connectivity index (χ1v) is 9.63. The van der Waals surface area contributed by atoms with Gasteiger partial charge in [0.15, 0.2) is 6.29 Å². The van der Waals surface area contributed by atoms with Gasteiger partial charge in [-0.15, -0.1) is 0 Å². The van der Waals surface area contributed by atoms with Crippen LogP contribution in [0.1, 0.15) is 27.7 Å². The van der Waals surface area contributed by atoms with Crippen molar-refractivity contribution < 1.29 is 9.47 Å². The molecule has 0 fully saturated rings. The van der Waals surface area contributed by atoms with Crippen molar-refractivity contribution in [3.8, 4) is 0 Å². The summed E-state index contributed by atoms with van der Waals surface area (Å²) in [6.45, 7) is 11.4. The Morgan fingerprint density at radius 1 is 0.852 bits per heavy atom. The van der Waals surface area contributed by atoms with Crippen LogP contribution in [0.5, 0.6) is 0 Å². The van der Waals surface area contributed by atoms with Gasteiger partial charge in [0.05, 0.1) is 24.6 Å². The third kappa shape index (κ3) is 7.89. The fourth-order valence-electron chi connectivity index (χ4n) is 2.51. The predicted octanol–water partition coefficient (Wildman–Crippen LogP) is 5.96. The van der Waals surface area contributed by atoms with Gasteiger partial charge < -0.3 is 14.4 Å². The normalized spacial score (nSPS) is 12.6. The number of hydrogen-bond acceptors (Lipinski definition) is 5. The van der Waals surface area contributed by atoms with E-state index in [-0.39, 0.29) is 6.29 Å². The summed E-state index contributed by atoms with van der Waals surface area (Å²) in [6.07, 6.45) is -0.174. The van der Waals surface area contributed by atoms with E-state index in [0.717, 1.165) is 36.8 Å². The summed E-state index contributed by atoms with van der Waals surface area (Å²) in [5.74, 6) is 0.515. The maximum atomic E-state index is 5.76. The minimum absolute atomic E-state index is 0.174. The highest BCUT2D eigenvalue weighted by molar-refractivity contribution is 5.52. The van der Waals surface area contributed by atoms with Crippen LogP contribution in [-0.4, -0.2) is 32.6 Å². The zero-order chi connectivity index (χ0) is 19.5. The topological polar surface area (TPSA) is 46.4 Å². The van der Waals surface area contributed by atoms with Crippen LogP contribution in [-0.2, 0) is 9.47 Å². The second kappa shape index (κ2) is 11.5. The Balaban J connectivity index is 1.83. The van der Waals surface area contributed by atoms with E-state index in [1.54, 1.807) is 0 Å². The van der Waals surface area contributed by atoms with E-state index in [1.807, 2.05) is 49.4 Å². The molecular weight excluding hydrogens is 338 g/mol. The molecule has 0 bridgehead atoms. The lowest BCUT2D eigenvalue weighted by atomic mass is 10.2. The molecule has 0 unspecified atom stereocenters. The van der Waals surface area contributed by atoms with Crippen LogP contribution in [0.25, 0.3) is 0 Å². The molecular formula is C22H31N3O2. The third-order valence-electron chi connectivity index (χ3n) is 4.01. The summed E-state index contributed by atoms with van der Waals surface area (Å²) in [4.78, 5) is 2.27. The van der Waals surface area contributed by atoms with Crippen molar-refractivity contribution in [3.63, 3.8) is 0 Å². The van der Waals surface area contributed by atoms with E-state index in [1.165, 1.54) is 0 Å². The van der Waals surface area contributed by atoms with Crippen molar-refractivity contribution in [1.29, 1.82) is 0 Å². The second-order valence-corrected chi connectivity index (χ2v) is 6.80. The number of rotatable bonds is 11. The van der Waals surface area contributed by atoms with Gasteiger partial charge in [0, 0.05) is 18.8 Å². The first-order chi connectivity index (χ1) is 13.1. The molecule has 0 heterocycles. The van der Waals surface area contributed by atoms with Crippen LogP contribution in [0.4, 0.5) is 17.1 Å². The Bertz CT molecular complexity index is 672. The first kappa shape index (κ1) is 21.1. The van der Waals surface area contributed by atoms with E-state index in [0.29, 0.717) is 12.5 Å². The van der Waals surface area contributed by atoms with Crippen LogP contribution < -0.4 is 4.90 Å². The van der Waals surface area contributed by atoms with Crippen molar-refractivity contribution >= 4 is 17.1 Å². The summed E-state index contributed by atoms with van der Waals surface area (Å²) in [5.41, 5.74) is 2.84. The number of benzene rings is 2. The molecule has 5 nitrogen and oxygen atoms in total. The third-order valence-corrected chi connectivity index (χ3v) is 4.01. The van der Waals surface area contributed by atoms with Crippen molar-refractivity contribution in [2.24, 2.45) is 16.1 Å². The second-order valence-electron chi connectivity index (χ2n) is 6.80. The number of hydrogen-bond donors (Lipinski definition) is 0. The molecule has 5 heteroatoms. The standard InChI is InChI=1S/C22H31N3O2/c1-5-25(15-16-26-19(4)27-17-18(2)3)22-13-11-21(12-14-22)24-23-20-9-7-6-8-10-20/h6-14,18-19H,5,15-17H2,1-4H3/t19-/m0/s1. The summed E-state index contributed by atoms with van der Waals surface area (Å²) in [7, 11) is 0. The van der Waals surface area contributed by atoms with Gasteiger partial charge in [-0.05, 0) is 56.2 Å². The minimum Gasteiger partial charge on any atom is -0.369 e. The zero-order valence-electron chi connectivity index (χ0n) is 16.8. The van der Waals surface area contributed by atoms with Gasteiger partial charge in [-0.3, -0.25) is 0 Å². The SMILES string of the molecule is CCN(CCO[C@H](C)OCC(C)C)c1ccc(N=Nc2ccccc2)cc1. The highest BCUT2D eigenvalue weighted by Gasteiger charge is 2.07. The van der Waals surface area contributed by atoms with Crippen molar-refractivity contribution in [2.45, 2.75) is 34.0 Å². The number of azo groups is 1. The average Bonchev–Trinajstić information content (AvgIpc) is 2.69. The highest BCUT2D eigenvalue weighted by atomic mass is 16.7.